The number of benzene rings is 1. The third-order valence-electron chi connectivity index (χ3n) is 2.49. The Labute approximate surface area is 119 Å². The number of halogens is 2. The fourth-order valence-corrected chi connectivity index (χ4v) is 2.28. The van der Waals surface area contributed by atoms with E-state index in [1.807, 2.05) is 6.07 Å². The number of hydrogen-bond acceptors (Lipinski definition) is 3. The minimum atomic E-state index is -0.798. The van der Waals surface area contributed by atoms with E-state index in [9.17, 15) is 13.6 Å². The Hall–Kier alpha value is -1.95. The van der Waals surface area contributed by atoms with Gasteiger partial charge in [-0.05, 0) is 31.2 Å². The quantitative estimate of drug-likeness (QED) is 0.878. The zero-order valence-electron chi connectivity index (χ0n) is 10.6. The molecule has 1 aromatic carbocycles. The maximum atomic E-state index is 13.4. The topological polar surface area (TPSA) is 42.0 Å². The molecule has 0 saturated heterocycles. The van der Waals surface area contributed by atoms with Crippen LogP contribution in [0.5, 0.6) is 0 Å². The molecule has 1 atom stereocenters. The van der Waals surface area contributed by atoms with Crippen molar-refractivity contribution in [2.75, 3.05) is 5.32 Å². The van der Waals surface area contributed by atoms with Gasteiger partial charge in [0.25, 0.3) is 0 Å². The lowest BCUT2D eigenvalue weighted by Crippen LogP contribution is -2.23. The second-order valence-corrected chi connectivity index (χ2v) is 5.40. The van der Waals surface area contributed by atoms with Gasteiger partial charge in [-0.25, -0.2) is 13.8 Å². The third-order valence-corrected chi connectivity index (χ3v) is 3.54. The average molecular weight is 294 g/mol. The van der Waals surface area contributed by atoms with Gasteiger partial charge < -0.3 is 5.32 Å². The lowest BCUT2D eigenvalue weighted by Gasteiger charge is -2.12. The van der Waals surface area contributed by atoms with Gasteiger partial charge in [-0.3, -0.25) is 4.79 Å². The standard InChI is InChI=1S/C14H12F2N2OS/c1-9(20-13-4-2-3-7-17-13)14(19)18-12-6-5-10(15)8-11(12)16/h2-9H,1H3,(H,18,19). The first-order chi connectivity index (χ1) is 9.56. The van der Waals surface area contributed by atoms with Crippen LogP contribution in [0.4, 0.5) is 14.5 Å². The normalized spacial score (nSPS) is 11.9. The van der Waals surface area contributed by atoms with Crippen LogP contribution in [-0.4, -0.2) is 16.1 Å². The number of nitrogens with one attached hydrogen (secondary N) is 1. The molecule has 0 bridgehead atoms. The molecular weight excluding hydrogens is 282 g/mol. The molecular formula is C14H12F2N2OS. The van der Waals surface area contributed by atoms with Gasteiger partial charge in [-0.1, -0.05) is 17.8 Å². The average Bonchev–Trinajstić information content (AvgIpc) is 2.43. The molecule has 0 radical (unpaired) electrons. The van der Waals surface area contributed by atoms with E-state index in [1.54, 1.807) is 25.3 Å². The number of hydrogen-bond donors (Lipinski definition) is 1. The van der Waals surface area contributed by atoms with Crippen molar-refractivity contribution in [2.24, 2.45) is 0 Å². The molecule has 0 aliphatic heterocycles. The lowest BCUT2D eigenvalue weighted by atomic mass is 10.3. The van der Waals surface area contributed by atoms with Gasteiger partial charge in [0.05, 0.1) is 16.0 Å². The summed E-state index contributed by atoms with van der Waals surface area (Å²) in [7, 11) is 0. The Morgan fingerprint density at radius 1 is 1.30 bits per heavy atom. The molecule has 1 N–H and O–H groups in total. The highest BCUT2D eigenvalue weighted by atomic mass is 32.2. The zero-order chi connectivity index (χ0) is 14.5. The molecule has 3 nitrogen and oxygen atoms in total. The van der Waals surface area contributed by atoms with Crippen LogP contribution < -0.4 is 5.32 Å². The molecule has 0 saturated carbocycles. The van der Waals surface area contributed by atoms with Gasteiger partial charge in [-0.15, -0.1) is 0 Å². The summed E-state index contributed by atoms with van der Waals surface area (Å²) < 4.78 is 26.2. The van der Waals surface area contributed by atoms with Gasteiger partial charge in [0.15, 0.2) is 0 Å². The Morgan fingerprint density at radius 2 is 2.10 bits per heavy atom. The van der Waals surface area contributed by atoms with Gasteiger partial charge in [0.1, 0.15) is 11.6 Å². The first-order valence-electron chi connectivity index (χ1n) is 5.90. The second-order valence-electron chi connectivity index (χ2n) is 4.04. The fraction of sp³-hybridized carbons (Fsp3) is 0.143. The lowest BCUT2D eigenvalue weighted by molar-refractivity contribution is -0.115. The summed E-state index contributed by atoms with van der Waals surface area (Å²) in [5, 5.41) is 2.68. The van der Waals surface area contributed by atoms with Crippen LogP contribution in [0.2, 0.25) is 0 Å². The number of aromatic nitrogens is 1. The summed E-state index contributed by atoms with van der Waals surface area (Å²) in [6.45, 7) is 1.69. The first-order valence-corrected chi connectivity index (χ1v) is 6.78. The van der Waals surface area contributed by atoms with E-state index in [2.05, 4.69) is 10.3 Å². The van der Waals surface area contributed by atoms with Crippen molar-refractivity contribution in [3.8, 4) is 0 Å². The predicted octanol–water partition coefficient (Wildman–Crippen LogP) is 3.48. The van der Waals surface area contributed by atoms with Crippen LogP contribution in [-0.2, 0) is 4.79 Å². The maximum absolute atomic E-state index is 13.4. The molecule has 0 aliphatic rings. The number of carbonyl (C=O) groups excluding carboxylic acids is 1. The third kappa shape index (κ3) is 3.77. The van der Waals surface area contributed by atoms with E-state index < -0.39 is 16.9 Å². The number of anilines is 1. The zero-order valence-corrected chi connectivity index (χ0v) is 11.5. The number of carbonyl (C=O) groups is 1. The predicted molar refractivity (Wildman–Crippen MR) is 74.5 cm³/mol. The number of nitrogens with zero attached hydrogens (tertiary/aromatic N) is 1. The maximum Gasteiger partial charge on any atom is 0.237 e. The SMILES string of the molecule is CC(Sc1ccccn1)C(=O)Nc1ccc(F)cc1F. The monoisotopic (exact) mass is 294 g/mol. The van der Waals surface area contributed by atoms with Gasteiger partial charge in [-0.2, -0.15) is 0 Å². The smallest absolute Gasteiger partial charge is 0.237 e. The van der Waals surface area contributed by atoms with Gasteiger partial charge in [0.2, 0.25) is 5.91 Å². The molecule has 1 amide bonds. The van der Waals surface area contributed by atoms with Crippen molar-refractivity contribution in [2.45, 2.75) is 17.2 Å². The van der Waals surface area contributed by atoms with Crippen LogP contribution in [0, 0.1) is 11.6 Å². The van der Waals surface area contributed by atoms with Crippen molar-refractivity contribution in [1.29, 1.82) is 0 Å². The summed E-state index contributed by atoms with van der Waals surface area (Å²) in [6, 6.07) is 8.40. The van der Waals surface area contributed by atoms with E-state index in [4.69, 9.17) is 0 Å². The van der Waals surface area contributed by atoms with Crippen molar-refractivity contribution in [3.63, 3.8) is 0 Å². The molecule has 0 aliphatic carbocycles. The number of pyridine rings is 1. The minimum absolute atomic E-state index is 0.0372. The van der Waals surface area contributed by atoms with Crippen LogP contribution in [0.3, 0.4) is 0 Å². The van der Waals surface area contributed by atoms with E-state index >= 15 is 0 Å². The summed E-state index contributed by atoms with van der Waals surface area (Å²) in [6.07, 6.45) is 1.63. The fourth-order valence-electron chi connectivity index (χ4n) is 1.48. The Balaban J connectivity index is 2.01. The van der Waals surface area contributed by atoms with Crippen LogP contribution in [0.15, 0.2) is 47.6 Å². The molecule has 2 rings (SSSR count). The second kappa shape index (κ2) is 6.47. The van der Waals surface area contributed by atoms with Crippen LogP contribution in [0.1, 0.15) is 6.92 Å². The molecule has 1 heterocycles. The molecule has 1 unspecified atom stereocenters. The molecule has 104 valence electrons. The summed E-state index contributed by atoms with van der Waals surface area (Å²) >= 11 is 1.26. The number of amides is 1. The summed E-state index contributed by atoms with van der Waals surface area (Å²) in [4.78, 5) is 16.0. The molecule has 20 heavy (non-hydrogen) atoms. The highest BCUT2D eigenvalue weighted by Crippen LogP contribution is 2.22. The van der Waals surface area contributed by atoms with Crippen molar-refractivity contribution >= 4 is 23.4 Å². The Kier molecular flexibility index (Phi) is 4.68. The molecule has 1 aromatic heterocycles. The molecule has 2 aromatic rings. The van der Waals surface area contributed by atoms with E-state index in [-0.39, 0.29) is 11.6 Å². The number of thioether (sulfide) groups is 1. The van der Waals surface area contributed by atoms with Crippen LogP contribution >= 0.6 is 11.8 Å². The van der Waals surface area contributed by atoms with Crippen molar-refractivity contribution < 1.29 is 13.6 Å². The Bertz CT molecular complexity index is 607. The van der Waals surface area contributed by atoms with Crippen LogP contribution in [0.25, 0.3) is 0 Å². The Morgan fingerprint density at radius 3 is 2.75 bits per heavy atom. The van der Waals surface area contributed by atoms with Crippen molar-refractivity contribution in [1.82, 2.24) is 4.98 Å². The minimum Gasteiger partial charge on any atom is -0.323 e. The molecule has 0 fully saturated rings. The number of rotatable bonds is 4. The van der Waals surface area contributed by atoms with Gasteiger partial charge in [0, 0.05) is 12.3 Å². The molecule has 6 heteroatoms. The van der Waals surface area contributed by atoms with Gasteiger partial charge >= 0.3 is 0 Å². The summed E-state index contributed by atoms with van der Waals surface area (Å²) in [5.74, 6) is -1.85. The highest BCUT2D eigenvalue weighted by molar-refractivity contribution is 8.00. The van der Waals surface area contributed by atoms with Crippen molar-refractivity contribution in [3.05, 3.63) is 54.2 Å². The molecule has 0 spiro atoms. The van der Waals surface area contributed by atoms with E-state index in [1.165, 1.54) is 17.8 Å². The van der Waals surface area contributed by atoms with E-state index in [0.717, 1.165) is 12.1 Å². The highest BCUT2D eigenvalue weighted by Gasteiger charge is 2.16. The van der Waals surface area contributed by atoms with E-state index in [0.29, 0.717) is 5.03 Å². The summed E-state index contributed by atoms with van der Waals surface area (Å²) in [5.41, 5.74) is -0.0372. The first kappa shape index (κ1) is 14.5. The largest absolute Gasteiger partial charge is 0.323 e.